The summed E-state index contributed by atoms with van der Waals surface area (Å²) in [5, 5.41) is 8.92. The first-order chi connectivity index (χ1) is 13.8. The van der Waals surface area contributed by atoms with Crippen molar-refractivity contribution in [2.45, 2.75) is 25.7 Å². The van der Waals surface area contributed by atoms with Gasteiger partial charge in [0, 0.05) is 45.3 Å². The van der Waals surface area contributed by atoms with Crippen LogP contribution >= 0.6 is 0 Å². The maximum Gasteiger partial charge on any atom is 0.246 e. The summed E-state index contributed by atoms with van der Waals surface area (Å²) >= 11 is 0. The lowest BCUT2D eigenvalue weighted by atomic mass is 10.2. The van der Waals surface area contributed by atoms with E-state index in [0.717, 1.165) is 37.8 Å². The summed E-state index contributed by atoms with van der Waals surface area (Å²) in [6.45, 7) is 5.02. The van der Waals surface area contributed by atoms with Crippen molar-refractivity contribution in [1.82, 2.24) is 15.1 Å². The zero-order valence-electron chi connectivity index (χ0n) is 16.2. The van der Waals surface area contributed by atoms with E-state index in [1.807, 2.05) is 17.0 Å². The molecule has 0 radical (unpaired) electrons. The topological polar surface area (TPSA) is 65.7 Å². The van der Waals surface area contributed by atoms with Gasteiger partial charge in [-0.3, -0.25) is 4.79 Å². The van der Waals surface area contributed by atoms with E-state index < -0.39 is 0 Å². The first-order valence-corrected chi connectivity index (χ1v) is 10.1. The lowest BCUT2D eigenvalue weighted by Crippen LogP contribution is -2.48. The number of amides is 1. The van der Waals surface area contributed by atoms with Crippen LogP contribution in [-0.4, -0.2) is 60.3 Å². The number of nitrogens with zero attached hydrogens (tertiary/aromatic N) is 5. The second-order valence-corrected chi connectivity index (χ2v) is 7.31. The molecule has 2 aromatic rings. The van der Waals surface area contributed by atoms with Crippen LogP contribution in [0.2, 0.25) is 0 Å². The SMILES string of the molecule is O=C(/C=C/c1ccco1)N1CCN(c2ccc(N3CCCCCC3)nn2)CC1. The fraction of sp³-hybridized carbons (Fsp3) is 0.476. The van der Waals surface area contributed by atoms with Crippen LogP contribution in [0.5, 0.6) is 0 Å². The molecule has 4 heterocycles. The standard InChI is InChI=1S/C21H27N5O2/c27-21(10-7-18-6-5-17-28-18)26-15-13-25(14-16-26)20-9-8-19(22-23-20)24-11-3-1-2-4-12-24/h5-10,17H,1-4,11-16H2/b10-7+. The monoisotopic (exact) mass is 381 g/mol. The number of carbonyl (C=O) groups is 1. The highest BCUT2D eigenvalue weighted by Crippen LogP contribution is 2.19. The molecule has 7 nitrogen and oxygen atoms in total. The molecule has 0 bridgehead atoms. The van der Waals surface area contributed by atoms with E-state index in [-0.39, 0.29) is 5.91 Å². The van der Waals surface area contributed by atoms with E-state index in [1.54, 1.807) is 18.4 Å². The van der Waals surface area contributed by atoms with Crippen LogP contribution in [-0.2, 0) is 4.79 Å². The van der Waals surface area contributed by atoms with Crippen molar-refractivity contribution in [2.75, 3.05) is 49.1 Å². The summed E-state index contributed by atoms with van der Waals surface area (Å²) in [5.74, 6) is 2.56. The van der Waals surface area contributed by atoms with Crippen LogP contribution in [0.4, 0.5) is 11.6 Å². The number of rotatable bonds is 4. The quantitative estimate of drug-likeness (QED) is 0.759. The van der Waals surface area contributed by atoms with Crippen LogP contribution < -0.4 is 9.80 Å². The minimum absolute atomic E-state index is 0.0126. The molecule has 0 unspecified atom stereocenters. The number of furan rings is 1. The van der Waals surface area contributed by atoms with Gasteiger partial charge < -0.3 is 19.1 Å². The average molecular weight is 381 g/mol. The molecule has 7 heteroatoms. The molecule has 28 heavy (non-hydrogen) atoms. The Morgan fingerprint density at radius 1 is 0.857 bits per heavy atom. The first kappa shape index (κ1) is 18.5. The van der Waals surface area contributed by atoms with Gasteiger partial charge in [0.2, 0.25) is 5.91 Å². The van der Waals surface area contributed by atoms with Crippen molar-refractivity contribution < 1.29 is 9.21 Å². The van der Waals surface area contributed by atoms with Crippen LogP contribution in [0.15, 0.2) is 41.0 Å². The fourth-order valence-electron chi connectivity index (χ4n) is 3.76. The summed E-state index contributed by atoms with van der Waals surface area (Å²) in [6.07, 6.45) is 9.96. The second kappa shape index (κ2) is 8.91. The normalized spacial score (nSPS) is 18.5. The Bertz CT molecular complexity index is 772. The summed E-state index contributed by atoms with van der Waals surface area (Å²) in [7, 11) is 0. The molecule has 0 aromatic carbocycles. The summed E-state index contributed by atoms with van der Waals surface area (Å²) in [5.41, 5.74) is 0. The Morgan fingerprint density at radius 3 is 2.07 bits per heavy atom. The van der Waals surface area contributed by atoms with Gasteiger partial charge in [-0.1, -0.05) is 12.8 Å². The highest BCUT2D eigenvalue weighted by molar-refractivity contribution is 5.91. The Hall–Kier alpha value is -2.83. The number of aromatic nitrogens is 2. The number of anilines is 2. The minimum atomic E-state index is 0.0126. The Kier molecular flexibility index (Phi) is 5.89. The van der Waals surface area contributed by atoms with Gasteiger partial charge in [0.25, 0.3) is 0 Å². The Morgan fingerprint density at radius 2 is 1.50 bits per heavy atom. The van der Waals surface area contributed by atoms with Gasteiger partial charge in [-0.25, -0.2) is 0 Å². The zero-order chi connectivity index (χ0) is 19.2. The predicted molar refractivity (Wildman–Crippen MR) is 109 cm³/mol. The number of hydrogen-bond donors (Lipinski definition) is 0. The number of piperazine rings is 1. The van der Waals surface area contributed by atoms with Gasteiger partial charge in [-0.15, -0.1) is 10.2 Å². The molecule has 0 saturated carbocycles. The molecule has 2 saturated heterocycles. The van der Waals surface area contributed by atoms with Gasteiger partial charge in [0.05, 0.1) is 6.26 Å². The Balaban J connectivity index is 1.30. The van der Waals surface area contributed by atoms with E-state index in [2.05, 4.69) is 32.1 Å². The third-order valence-electron chi connectivity index (χ3n) is 5.42. The molecular weight excluding hydrogens is 354 g/mol. The van der Waals surface area contributed by atoms with Crippen molar-refractivity contribution in [1.29, 1.82) is 0 Å². The van der Waals surface area contributed by atoms with E-state index in [4.69, 9.17) is 4.42 Å². The van der Waals surface area contributed by atoms with Crippen molar-refractivity contribution in [3.05, 3.63) is 42.4 Å². The third-order valence-corrected chi connectivity index (χ3v) is 5.42. The largest absolute Gasteiger partial charge is 0.465 e. The summed E-state index contributed by atoms with van der Waals surface area (Å²) < 4.78 is 5.22. The molecule has 0 atom stereocenters. The van der Waals surface area contributed by atoms with Gasteiger partial charge in [-0.05, 0) is 43.2 Å². The molecule has 1 amide bonds. The van der Waals surface area contributed by atoms with Crippen LogP contribution in [0.1, 0.15) is 31.4 Å². The molecule has 2 aliphatic rings. The number of carbonyl (C=O) groups excluding carboxylic acids is 1. The van der Waals surface area contributed by atoms with E-state index in [0.29, 0.717) is 18.8 Å². The molecular formula is C21H27N5O2. The fourth-order valence-corrected chi connectivity index (χ4v) is 3.76. The second-order valence-electron chi connectivity index (χ2n) is 7.31. The van der Waals surface area contributed by atoms with Gasteiger partial charge in [0.15, 0.2) is 11.6 Å². The lowest BCUT2D eigenvalue weighted by molar-refractivity contribution is -0.126. The van der Waals surface area contributed by atoms with E-state index in [9.17, 15) is 4.79 Å². The highest BCUT2D eigenvalue weighted by Gasteiger charge is 2.21. The molecule has 2 fully saturated rings. The highest BCUT2D eigenvalue weighted by atomic mass is 16.3. The van der Waals surface area contributed by atoms with Gasteiger partial charge >= 0.3 is 0 Å². The smallest absolute Gasteiger partial charge is 0.246 e. The van der Waals surface area contributed by atoms with Gasteiger partial charge in [-0.2, -0.15) is 0 Å². The van der Waals surface area contributed by atoms with Crippen LogP contribution in [0.3, 0.4) is 0 Å². The van der Waals surface area contributed by atoms with Crippen LogP contribution in [0.25, 0.3) is 6.08 Å². The average Bonchev–Trinajstić information content (AvgIpc) is 3.12. The molecule has 0 N–H and O–H groups in total. The molecule has 0 aliphatic carbocycles. The molecule has 0 spiro atoms. The lowest BCUT2D eigenvalue weighted by Gasteiger charge is -2.34. The van der Waals surface area contributed by atoms with Crippen molar-refractivity contribution in [3.8, 4) is 0 Å². The predicted octanol–water partition coefficient (Wildman–Crippen LogP) is 2.81. The Labute approximate surface area is 165 Å². The maximum absolute atomic E-state index is 12.3. The molecule has 4 rings (SSSR count). The molecule has 2 aliphatic heterocycles. The van der Waals surface area contributed by atoms with Crippen molar-refractivity contribution >= 4 is 23.6 Å². The maximum atomic E-state index is 12.3. The molecule has 148 valence electrons. The van der Waals surface area contributed by atoms with Gasteiger partial charge in [0.1, 0.15) is 5.76 Å². The third kappa shape index (κ3) is 4.52. The van der Waals surface area contributed by atoms with Crippen molar-refractivity contribution in [2.24, 2.45) is 0 Å². The van der Waals surface area contributed by atoms with E-state index >= 15 is 0 Å². The first-order valence-electron chi connectivity index (χ1n) is 10.1. The molecule has 2 aromatic heterocycles. The minimum Gasteiger partial charge on any atom is -0.465 e. The van der Waals surface area contributed by atoms with Crippen molar-refractivity contribution in [3.63, 3.8) is 0 Å². The summed E-state index contributed by atoms with van der Waals surface area (Å²) in [6, 6.07) is 7.77. The number of hydrogen-bond acceptors (Lipinski definition) is 6. The van der Waals surface area contributed by atoms with Crippen LogP contribution in [0, 0.1) is 0 Å². The summed E-state index contributed by atoms with van der Waals surface area (Å²) in [4.78, 5) is 18.7. The van der Waals surface area contributed by atoms with E-state index in [1.165, 1.54) is 25.7 Å². The zero-order valence-corrected chi connectivity index (χ0v) is 16.2.